The van der Waals surface area contributed by atoms with Crippen LogP contribution < -0.4 is 14.8 Å². The molecule has 1 aliphatic heterocycles. The van der Waals surface area contributed by atoms with E-state index >= 15 is 0 Å². The van der Waals surface area contributed by atoms with E-state index in [0.29, 0.717) is 37.6 Å². The van der Waals surface area contributed by atoms with Gasteiger partial charge in [0.25, 0.3) is 5.91 Å². The molecule has 0 aliphatic carbocycles. The van der Waals surface area contributed by atoms with Gasteiger partial charge in [0.15, 0.2) is 11.5 Å². The van der Waals surface area contributed by atoms with Gasteiger partial charge in [-0.2, -0.15) is 0 Å². The number of rotatable bonds is 6. The molecule has 2 aromatic carbocycles. The number of carbonyl (C=O) groups is 2. The standard InChI is InChI=1S/C24H30N2O4/c1-5-26(16-17-6-11-20-21(14-17)30-13-12-29-20)22(27)15-25-23(28)18-7-9-19(10-8-18)24(2,3)4/h6-11,14H,5,12-13,15-16H2,1-4H3,(H,25,28). The van der Waals surface area contributed by atoms with Gasteiger partial charge in [-0.3, -0.25) is 9.59 Å². The van der Waals surface area contributed by atoms with Gasteiger partial charge in [0, 0.05) is 18.7 Å². The summed E-state index contributed by atoms with van der Waals surface area (Å²) in [6.07, 6.45) is 0. The Morgan fingerprint density at radius 2 is 1.67 bits per heavy atom. The lowest BCUT2D eigenvalue weighted by Gasteiger charge is -2.23. The fourth-order valence-electron chi connectivity index (χ4n) is 3.27. The third-order valence-corrected chi connectivity index (χ3v) is 5.13. The maximum absolute atomic E-state index is 12.6. The van der Waals surface area contributed by atoms with Crippen molar-refractivity contribution in [2.45, 2.75) is 39.7 Å². The Balaban J connectivity index is 1.56. The van der Waals surface area contributed by atoms with Crippen molar-refractivity contribution in [1.82, 2.24) is 10.2 Å². The Morgan fingerprint density at radius 1 is 1.00 bits per heavy atom. The van der Waals surface area contributed by atoms with Gasteiger partial charge in [-0.15, -0.1) is 0 Å². The predicted molar refractivity (Wildman–Crippen MR) is 116 cm³/mol. The lowest BCUT2D eigenvalue weighted by Crippen LogP contribution is -2.39. The highest BCUT2D eigenvalue weighted by molar-refractivity contribution is 5.96. The molecule has 1 aliphatic rings. The Kier molecular flexibility index (Phi) is 6.65. The van der Waals surface area contributed by atoms with Gasteiger partial charge in [0.1, 0.15) is 13.2 Å². The van der Waals surface area contributed by atoms with Crippen molar-refractivity contribution in [1.29, 1.82) is 0 Å². The lowest BCUT2D eigenvalue weighted by atomic mass is 9.87. The zero-order valence-corrected chi connectivity index (χ0v) is 18.2. The smallest absolute Gasteiger partial charge is 0.251 e. The molecule has 30 heavy (non-hydrogen) atoms. The molecule has 1 heterocycles. The summed E-state index contributed by atoms with van der Waals surface area (Å²) in [5.74, 6) is 1.05. The molecule has 0 unspecified atom stereocenters. The first-order valence-electron chi connectivity index (χ1n) is 10.3. The van der Waals surface area contributed by atoms with Crippen LogP contribution in [0.5, 0.6) is 11.5 Å². The summed E-state index contributed by atoms with van der Waals surface area (Å²) < 4.78 is 11.1. The summed E-state index contributed by atoms with van der Waals surface area (Å²) in [6, 6.07) is 13.2. The zero-order valence-electron chi connectivity index (χ0n) is 18.2. The molecule has 160 valence electrons. The van der Waals surface area contributed by atoms with Crippen molar-refractivity contribution in [3.63, 3.8) is 0 Å². The van der Waals surface area contributed by atoms with Crippen LogP contribution in [0.4, 0.5) is 0 Å². The van der Waals surface area contributed by atoms with E-state index in [2.05, 4.69) is 26.1 Å². The molecule has 2 amide bonds. The van der Waals surface area contributed by atoms with E-state index in [0.717, 1.165) is 16.9 Å². The van der Waals surface area contributed by atoms with Crippen molar-refractivity contribution in [2.75, 3.05) is 26.3 Å². The van der Waals surface area contributed by atoms with Gasteiger partial charge < -0.3 is 19.7 Å². The maximum atomic E-state index is 12.6. The molecule has 0 radical (unpaired) electrons. The number of carbonyl (C=O) groups excluding carboxylic acids is 2. The monoisotopic (exact) mass is 410 g/mol. The summed E-state index contributed by atoms with van der Waals surface area (Å²) in [5.41, 5.74) is 2.69. The van der Waals surface area contributed by atoms with Gasteiger partial charge in [0.2, 0.25) is 5.91 Å². The second kappa shape index (κ2) is 9.20. The number of amides is 2. The minimum atomic E-state index is -0.251. The highest BCUT2D eigenvalue weighted by Crippen LogP contribution is 2.31. The van der Waals surface area contributed by atoms with Crippen LogP contribution in [-0.4, -0.2) is 43.0 Å². The number of benzene rings is 2. The summed E-state index contributed by atoms with van der Waals surface area (Å²) in [7, 11) is 0. The van der Waals surface area contributed by atoms with Crippen LogP contribution in [0.3, 0.4) is 0 Å². The Labute approximate surface area is 178 Å². The third kappa shape index (κ3) is 5.32. The molecule has 0 fully saturated rings. The molecule has 0 spiro atoms. The van der Waals surface area contributed by atoms with Crippen LogP contribution in [0, 0.1) is 0 Å². The average molecular weight is 411 g/mol. The molecule has 1 N–H and O–H groups in total. The van der Waals surface area contributed by atoms with E-state index in [4.69, 9.17) is 9.47 Å². The first kappa shape index (κ1) is 21.7. The number of nitrogens with one attached hydrogen (secondary N) is 1. The minimum absolute atomic E-state index is 0.0282. The first-order valence-corrected chi connectivity index (χ1v) is 10.3. The number of likely N-dealkylation sites (N-methyl/N-ethyl adjacent to an activating group) is 1. The number of ether oxygens (including phenoxy) is 2. The van der Waals surface area contributed by atoms with E-state index in [9.17, 15) is 9.59 Å². The van der Waals surface area contributed by atoms with Crippen LogP contribution in [-0.2, 0) is 16.8 Å². The quantitative estimate of drug-likeness (QED) is 0.791. The van der Waals surface area contributed by atoms with E-state index in [1.807, 2.05) is 37.3 Å². The molecular weight excluding hydrogens is 380 g/mol. The van der Waals surface area contributed by atoms with Crippen molar-refractivity contribution < 1.29 is 19.1 Å². The summed E-state index contributed by atoms with van der Waals surface area (Å²) in [4.78, 5) is 26.8. The highest BCUT2D eigenvalue weighted by Gasteiger charge is 2.18. The molecule has 0 aromatic heterocycles. The molecule has 0 bridgehead atoms. The molecule has 0 saturated heterocycles. The van der Waals surface area contributed by atoms with Gasteiger partial charge in [-0.1, -0.05) is 39.0 Å². The topological polar surface area (TPSA) is 67.9 Å². The lowest BCUT2D eigenvalue weighted by molar-refractivity contribution is -0.130. The number of nitrogens with zero attached hydrogens (tertiary/aromatic N) is 1. The first-order chi connectivity index (χ1) is 14.3. The van der Waals surface area contributed by atoms with Crippen molar-refractivity contribution in [3.8, 4) is 11.5 Å². The van der Waals surface area contributed by atoms with Crippen LogP contribution in [0.15, 0.2) is 42.5 Å². The highest BCUT2D eigenvalue weighted by atomic mass is 16.6. The molecule has 0 atom stereocenters. The molecule has 2 aromatic rings. The third-order valence-electron chi connectivity index (χ3n) is 5.13. The molecule has 6 nitrogen and oxygen atoms in total. The summed E-state index contributed by atoms with van der Waals surface area (Å²) in [6.45, 7) is 10.3. The largest absolute Gasteiger partial charge is 0.486 e. The summed E-state index contributed by atoms with van der Waals surface area (Å²) in [5, 5.41) is 2.73. The minimum Gasteiger partial charge on any atom is -0.486 e. The zero-order chi connectivity index (χ0) is 21.7. The molecule has 0 saturated carbocycles. The van der Waals surface area contributed by atoms with Crippen LogP contribution in [0.1, 0.15) is 49.2 Å². The summed E-state index contributed by atoms with van der Waals surface area (Å²) >= 11 is 0. The second-order valence-electron chi connectivity index (χ2n) is 8.40. The van der Waals surface area contributed by atoms with E-state index in [1.54, 1.807) is 17.0 Å². The van der Waals surface area contributed by atoms with Crippen LogP contribution >= 0.6 is 0 Å². The van der Waals surface area contributed by atoms with Gasteiger partial charge in [-0.05, 0) is 47.7 Å². The van der Waals surface area contributed by atoms with Crippen molar-refractivity contribution in [3.05, 3.63) is 59.2 Å². The van der Waals surface area contributed by atoms with Gasteiger partial charge in [-0.25, -0.2) is 0 Å². The fourth-order valence-corrected chi connectivity index (χ4v) is 3.27. The van der Waals surface area contributed by atoms with Crippen molar-refractivity contribution in [2.24, 2.45) is 0 Å². The van der Waals surface area contributed by atoms with Gasteiger partial charge >= 0.3 is 0 Å². The maximum Gasteiger partial charge on any atom is 0.251 e. The van der Waals surface area contributed by atoms with E-state index in [1.165, 1.54) is 0 Å². The number of fused-ring (bicyclic) bond motifs is 1. The number of hydrogen-bond donors (Lipinski definition) is 1. The Hall–Kier alpha value is -3.02. The van der Waals surface area contributed by atoms with Crippen LogP contribution in [0.25, 0.3) is 0 Å². The fraction of sp³-hybridized carbons (Fsp3) is 0.417. The SMILES string of the molecule is CCN(Cc1ccc2c(c1)OCCO2)C(=O)CNC(=O)c1ccc(C(C)(C)C)cc1. The molecule has 3 rings (SSSR count). The van der Waals surface area contributed by atoms with Crippen molar-refractivity contribution >= 4 is 11.8 Å². The Morgan fingerprint density at radius 3 is 2.30 bits per heavy atom. The van der Waals surface area contributed by atoms with E-state index < -0.39 is 0 Å². The average Bonchev–Trinajstić information content (AvgIpc) is 2.75. The van der Waals surface area contributed by atoms with Gasteiger partial charge in [0.05, 0.1) is 6.54 Å². The predicted octanol–water partition coefficient (Wildman–Crippen LogP) is 3.53. The molecule has 6 heteroatoms. The second-order valence-corrected chi connectivity index (χ2v) is 8.40. The van der Waals surface area contributed by atoms with Crippen LogP contribution in [0.2, 0.25) is 0 Å². The number of hydrogen-bond acceptors (Lipinski definition) is 4. The molecular formula is C24H30N2O4. The Bertz CT molecular complexity index is 900. The normalized spacial score (nSPS) is 12.9. The van der Waals surface area contributed by atoms with E-state index in [-0.39, 0.29) is 23.8 Å².